The van der Waals surface area contributed by atoms with Crippen molar-refractivity contribution in [3.05, 3.63) is 50.9 Å². The summed E-state index contributed by atoms with van der Waals surface area (Å²) in [5.41, 5.74) is 1.79. The van der Waals surface area contributed by atoms with Crippen LogP contribution in [0.1, 0.15) is 0 Å². The lowest BCUT2D eigenvalue weighted by Gasteiger charge is -2.03. The molecule has 96 valence electrons. The van der Waals surface area contributed by atoms with Gasteiger partial charge < -0.3 is 5.32 Å². The van der Waals surface area contributed by atoms with Crippen molar-refractivity contribution in [2.45, 2.75) is 0 Å². The van der Waals surface area contributed by atoms with Crippen molar-refractivity contribution in [3.63, 3.8) is 0 Å². The summed E-state index contributed by atoms with van der Waals surface area (Å²) >= 11 is 16.9. The Morgan fingerprint density at radius 1 is 1.11 bits per heavy atom. The molecule has 0 spiro atoms. The molecule has 1 N–H and O–H groups in total. The summed E-state index contributed by atoms with van der Waals surface area (Å²) in [4.78, 5) is 4.49. The van der Waals surface area contributed by atoms with Crippen LogP contribution in [0.15, 0.2) is 40.9 Å². The van der Waals surface area contributed by atoms with Crippen LogP contribution in [0.4, 0.5) is 10.8 Å². The number of nitrogens with one attached hydrogen (secondary N) is 1. The second-order valence-electron chi connectivity index (χ2n) is 3.88. The highest BCUT2D eigenvalue weighted by Gasteiger charge is 2.05. The standard InChI is InChI=1S/C13H7BrCl2N2S/c14-9-3-2-8(6-10(9)16)17-13-18-11-5-7(15)1-4-12(11)19-13/h1-6H,(H,17,18). The molecule has 0 radical (unpaired) electrons. The number of thiazole rings is 1. The molecule has 0 atom stereocenters. The molecule has 2 aromatic carbocycles. The summed E-state index contributed by atoms with van der Waals surface area (Å²) in [5.74, 6) is 0. The van der Waals surface area contributed by atoms with Gasteiger partial charge in [-0.15, -0.1) is 0 Å². The number of benzene rings is 2. The third-order valence-electron chi connectivity index (χ3n) is 2.52. The van der Waals surface area contributed by atoms with Gasteiger partial charge in [0.1, 0.15) is 0 Å². The number of rotatable bonds is 2. The minimum atomic E-state index is 0.661. The summed E-state index contributed by atoms with van der Waals surface area (Å²) in [6, 6.07) is 11.4. The van der Waals surface area contributed by atoms with Gasteiger partial charge in [-0.2, -0.15) is 0 Å². The number of nitrogens with zero attached hydrogens (tertiary/aromatic N) is 1. The molecule has 0 aliphatic rings. The predicted octanol–water partition coefficient (Wildman–Crippen LogP) is 6.11. The molecule has 0 bridgehead atoms. The molecule has 0 aliphatic carbocycles. The summed E-state index contributed by atoms with van der Waals surface area (Å²) < 4.78 is 1.96. The van der Waals surface area contributed by atoms with Crippen LogP contribution in [0.3, 0.4) is 0 Å². The molecule has 1 heterocycles. The minimum absolute atomic E-state index is 0.661. The number of hydrogen-bond acceptors (Lipinski definition) is 3. The Balaban J connectivity index is 1.94. The highest BCUT2D eigenvalue weighted by atomic mass is 79.9. The number of anilines is 2. The van der Waals surface area contributed by atoms with E-state index in [0.29, 0.717) is 10.0 Å². The van der Waals surface area contributed by atoms with Gasteiger partial charge in [0.15, 0.2) is 5.13 Å². The molecule has 0 amide bonds. The summed E-state index contributed by atoms with van der Waals surface area (Å²) in [6.07, 6.45) is 0. The largest absolute Gasteiger partial charge is 0.331 e. The van der Waals surface area contributed by atoms with E-state index in [1.165, 1.54) is 0 Å². The maximum absolute atomic E-state index is 6.06. The fraction of sp³-hybridized carbons (Fsp3) is 0. The van der Waals surface area contributed by atoms with E-state index in [9.17, 15) is 0 Å². The number of halogens is 3. The number of hydrogen-bond donors (Lipinski definition) is 1. The van der Waals surface area contributed by atoms with Crippen molar-refractivity contribution in [1.82, 2.24) is 4.98 Å². The van der Waals surface area contributed by atoms with Crippen LogP contribution in [-0.2, 0) is 0 Å². The average Bonchev–Trinajstić information content (AvgIpc) is 2.75. The van der Waals surface area contributed by atoms with Crippen molar-refractivity contribution < 1.29 is 0 Å². The van der Waals surface area contributed by atoms with Gasteiger partial charge in [0.25, 0.3) is 0 Å². The van der Waals surface area contributed by atoms with Gasteiger partial charge in [-0.1, -0.05) is 34.5 Å². The molecule has 0 saturated heterocycles. The van der Waals surface area contributed by atoms with Gasteiger partial charge in [-0.05, 0) is 52.3 Å². The molecule has 3 rings (SSSR count). The normalized spacial score (nSPS) is 10.9. The monoisotopic (exact) mass is 372 g/mol. The highest BCUT2D eigenvalue weighted by molar-refractivity contribution is 9.10. The van der Waals surface area contributed by atoms with E-state index in [-0.39, 0.29) is 0 Å². The summed E-state index contributed by atoms with van der Waals surface area (Å²) in [5, 5.41) is 5.41. The van der Waals surface area contributed by atoms with Gasteiger partial charge in [0, 0.05) is 15.2 Å². The zero-order valence-electron chi connectivity index (χ0n) is 9.45. The van der Waals surface area contributed by atoms with Gasteiger partial charge in [0.2, 0.25) is 0 Å². The van der Waals surface area contributed by atoms with Crippen molar-refractivity contribution in [3.8, 4) is 0 Å². The topological polar surface area (TPSA) is 24.9 Å². The van der Waals surface area contributed by atoms with Crippen molar-refractivity contribution in [2.24, 2.45) is 0 Å². The molecular weight excluding hydrogens is 367 g/mol. The maximum Gasteiger partial charge on any atom is 0.188 e. The van der Waals surface area contributed by atoms with Crippen LogP contribution in [0.25, 0.3) is 10.2 Å². The Labute approximate surface area is 132 Å². The highest BCUT2D eigenvalue weighted by Crippen LogP contribution is 2.32. The Kier molecular flexibility index (Phi) is 3.67. The van der Waals surface area contributed by atoms with Gasteiger partial charge in [-0.3, -0.25) is 0 Å². The van der Waals surface area contributed by atoms with Crippen LogP contribution >= 0.6 is 50.5 Å². The van der Waals surface area contributed by atoms with Crippen LogP contribution in [0.2, 0.25) is 10.0 Å². The zero-order valence-corrected chi connectivity index (χ0v) is 13.4. The smallest absolute Gasteiger partial charge is 0.188 e. The lowest BCUT2D eigenvalue weighted by atomic mass is 10.3. The van der Waals surface area contributed by atoms with E-state index in [1.54, 1.807) is 11.3 Å². The van der Waals surface area contributed by atoms with Crippen LogP contribution in [0.5, 0.6) is 0 Å². The maximum atomic E-state index is 6.06. The first-order valence-corrected chi connectivity index (χ1v) is 7.76. The molecule has 0 aliphatic heterocycles. The lowest BCUT2D eigenvalue weighted by Crippen LogP contribution is -1.88. The van der Waals surface area contributed by atoms with E-state index < -0.39 is 0 Å². The Hall–Kier alpha value is -0.810. The fourth-order valence-corrected chi connectivity index (χ4v) is 3.11. The van der Waals surface area contributed by atoms with Crippen LogP contribution in [-0.4, -0.2) is 4.98 Å². The quantitative estimate of drug-likeness (QED) is 0.586. The molecule has 19 heavy (non-hydrogen) atoms. The lowest BCUT2D eigenvalue weighted by molar-refractivity contribution is 1.44. The van der Waals surface area contributed by atoms with E-state index in [2.05, 4.69) is 26.2 Å². The molecule has 0 unspecified atom stereocenters. The first kappa shape index (κ1) is 13.2. The average molecular weight is 374 g/mol. The zero-order chi connectivity index (χ0) is 13.4. The molecule has 3 aromatic rings. The SMILES string of the molecule is Clc1ccc2sc(Nc3ccc(Br)c(Cl)c3)nc2c1. The Morgan fingerprint density at radius 2 is 1.95 bits per heavy atom. The summed E-state index contributed by atoms with van der Waals surface area (Å²) in [6.45, 7) is 0. The predicted molar refractivity (Wildman–Crippen MR) is 87.1 cm³/mol. The Morgan fingerprint density at radius 3 is 2.74 bits per heavy atom. The van der Waals surface area contributed by atoms with Gasteiger partial charge in [0.05, 0.1) is 15.2 Å². The Bertz CT molecular complexity index is 757. The molecule has 2 nitrogen and oxygen atoms in total. The number of fused-ring (bicyclic) bond motifs is 1. The van der Waals surface area contributed by atoms with E-state index in [1.807, 2.05) is 36.4 Å². The third-order valence-corrected chi connectivity index (χ3v) is 4.94. The van der Waals surface area contributed by atoms with Gasteiger partial charge >= 0.3 is 0 Å². The second kappa shape index (κ2) is 5.29. The molecule has 6 heteroatoms. The van der Waals surface area contributed by atoms with E-state index in [4.69, 9.17) is 23.2 Å². The first-order valence-electron chi connectivity index (χ1n) is 5.40. The second-order valence-corrected chi connectivity index (χ2v) is 6.61. The third kappa shape index (κ3) is 2.87. The van der Waals surface area contributed by atoms with Gasteiger partial charge in [-0.25, -0.2) is 4.98 Å². The molecule has 1 aromatic heterocycles. The van der Waals surface area contributed by atoms with E-state index >= 15 is 0 Å². The number of aromatic nitrogens is 1. The molecular formula is C13H7BrCl2N2S. The minimum Gasteiger partial charge on any atom is -0.331 e. The van der Waals surface area contributed by atoms with Crippen LogP contribution in [0, 0.1) is 0 Å². The van der Waals surface area contributed by atoms with Crippen molar-refractivity contribution >= 4 is 71.5 Å². The van der Waals surface area contributed by atoms with Crippen LogP contribution < -0.4 is 5.32 Å². The van der Waals surface area contributed by atoms with Crippen molar-refractivity contribution in [1.29, 1.82) is 0 Å². The molecule has 0 fully saturated rings. The first-order chi connectivity index (χ1) is 9.11. The van der Waals surface area contributed by atoms with Crippen molar-refractivity contribution in [2.75, 3.05) is 5.32 Å². The molecule has 0 saturated carbocycles. The van der Waals surface area contributed by atoms with E-state index in [0.717, 1.165) is 25.5 Å². The summed E-state index contributed by atoms with van der Waals surface area (Å²) in [7, 11) is 0. The fourth-order valence-electron chi connectivity index (χ4n) is 1.65.